The Balaban J connectivity index is 1.94. The zero-order chi connectivity index (χ0) is 13.8. The molecule has 2 saturated heterocycles. The Hall–Kier alpha value is -1.63. The quantitative estimate of drug-likeness (QED) is 0.521. The predicted molar refractivity (Wildman–Crippen MR) is 68.3 cm³/mol. The lowest BCUT2D eigenvalue weighted by Gasteiger charge is -2.32. The van der Waals surface area contributed by atoms with Crippen LogP contribution in [0.2, 0.25) is 0 Å². The van der Waals surface area contributed by atoms with Gasteiger partial charge < -0.3 is 20.0 Å². The summed E-state index contributed by atoms with van der Waals surface area (Å²) in [6.07, 6.45) is 0.848. The Morgan fingerprint density at radius 3 is 2.47 bits per heavy atom. The number of amides is 3. The number of carbonyl (C=O) groups is 3. The third-order valence-electron chi connectivity index (χ3n) is 3.55. The third kappa shape index (κ3) is 3.23. The van der Waals surface area contributed by atoms with E-state index in [-0.39, 0.29) is 12.5 Å². The summed E-state index contributed by atoms with van der Waals surface area (Å²) >= 11 is 0. The summed E-state index contributed by atoms with van der Waals surface area (Å²) in [7, 11) is 1.70. The van der Waals surface area contributed by atoms with E-state index in [1.54, 1.807) is 16.8 Å². The van der Waals surface area contributed by atoms with E-state index in [0.717, 1.165) is 13.0 Å². The lowest BCUT2D eigenvalue weighted by Crippen LogP contribution is -2.55. The molecule has 1 N–H and O–H groups in total. The summed E-state index contributed by atoms with van der Waals surface area (Å²) in [4.78, 5) is 40.3. The number of nitrogens with zero attached hydrogens (tertiary/aromatic N) is 3. The van der Waals surface area contributed by atoms with E-state index in [4.69, 9.17) is 0 Å². The number of rotatable bonds is 0. The van der Waals surface area contributed by atoms with Gasteiger partial charge in [-0.1, -0.05) is 0 Å². The molecule has 2 rings (SSSR count). The molecule has 2 aliphatic heterocycles. The van der Waals surface area contributed by atoms with Crippen molar-refractivity contribution in [1.82, 2.24) is 20.0 Å². The number of hydrogen-bond acceptors (Lipinski definition) is 4. The smallest absolute Gasteiger partial charge is 0.312 e. The van der Waals surface area contributed by atoms with E-state index in [1.807, 2.05) is 0 Å². The van der Waals surface area contributed by atoms with Gasteiger partial charge in [-0.05, 0) is 13.0 Å². The first-order valence-electron chi connectivity index (χ1n) is 6.62. The largest absolute Gasteiger partial charge is 0.342 e. The second kappa shape index (κ2) is 6.01. The van der Waals surface area contributed by atoms with Gasteiger partial charge in [0.25, 0.3) is 0 Å². The lowest BCUT2D eigenvalue weighted by molar-refractivity contribution is -0.155. The molecule has 0 aliphatic carbocycles. The van der Waals surface area contributed by atoms with E-state index in [9.17, 15) is 14.4 Å². The van der Waals surface area contributed by atoms with Crippen LogP contribution in [-0.2, 0) is 14.4 Å². The average molecular weight is 268 g/mol. The minimum absolute atomic E-state index is 0.00711. The van der Waals surface area contributed by atoms with Gasteiger partial charge in [0.05, 0.1) is 0 Å². The highest BCUT2D eigenvalue weighted by Gasteiger charge is 2.31. The van der Waals surface area contributed by atoms with Crippen molar-refractivity contribution in [1.29, 1.82) is 0 Å². The normalized spacial score (nSPS) is 21.3. The molecule has 0 radical (unpaired) electrons. The first kappa shape index (κ1) is 13.8. The van der Waals surface area contributed by atoms with Crippen LogP contribution in [0.3, 0.4) is 0 Å². The van der Waals surface area contributed by atoms with Crippen LogP contribution >= 0.6 is 0 Å². The van der Waals surface area contributed by atoms with Crippen LogP contribution in [0.4, 0.5) is 0 Å². The van der Waals surface area contributed by atoms with Crippen molar-refractivity contribution in [2.45, 2.75) is 6.42 Å². The third-order valence-corrected chi connectivity index (χ3v) is 3.55. The van der Waals surface area contributed by atoms with Crippen LogP contribution in [0, 0.1) is 0 Å². The molecule has 7 nitrogen and oxygen atoms in total. The fraction of sp³-hybridized carbons (Fsp3) is 0.750. The van der Waals surface area contributed by atoms with Gasteiger partial charge in [0.2, 0.25) is 5.91 Å². The van der Waals surface area contributed by atoms with Crippen LogP contribution in [0.25, 0.3) is 0 Å². The molecule has 0 atom stereocenters. The predicted octanol–water partition coefficient (Wildman–Crippen LogP) is -1.89. The number of hydrogen-bond donors (Lipinski definition) is 1. The maximum atomic E-state index is 12.1. The van der Waals surface area contributed by atoms with Crippen LogP contribution in [0.15, 0.2) is 0 Å². The minimum Gasteiger partial charge on any atom is -0.342 e. The van der Waals surface area contributed by atoms with Gasteiger partial charge >= 0.3 is 11.8 Å². The van der Waals surface area contributed by atoms with Gasteiger partial charge in [-0.3, -0.25) is 14.4 Å². The Bertz CT molecular complexity index is 377. The Morgan fingerprint density at radius 1 is 1.00 bits per heavy atom. The molecular formula is C12H20N4O3. The maximum absolute atomic E-state index is 12.1. The first-order chi connectivity index (χ1) is 9.09. The molecule has 0 saturated carbocycles. The SMILES string of the molecule is CN1CCN(C(=O)C(=O)N2CCCNCC2)CC1=O. The van der Waals surface area contributed by atoms with Crippen LogP contribution in [0.1, 0.15) is 6.42 Å². The topological polar surface area (TPSA) is 73.0 Å². The molecule has 0 unspecified atom stereocenters. The number of carbonyl (C=O) groups excluding carboxylic acids is 3. The second-order valence-electron chi connectivity index (χ2n) is 4.94. The van der Waals surface area contributed by atoms with E-state index >= 15 is 0 Å². The maximum Gasteiger partial charge on any atom is 0.312 e. The zero-order valence-corrected chi connectivity index (χ0v) is 11.2. The van der Waals surface area contributed by atoms with Crippen LogP contribution in [0.5, 0.6) is 0 Å². The Morgan fingerprint density at radius 2 is 1.74 bits per heavy atom. The summed E-state index contributed by atoms with van der Waals surface area (Å²) in [5.41, 5.74) is 0. The molecule has 19 heavy (non-hydrogen) atoms. The van der Waals surface area contributed by atoms with Gasteiger partial charge in [-0.2, -0.15) is 0 Å². The molecular weight excluding hydrogens is 248 g/mol. The van der Waals surface area contributed by atoms with Gasteiger partial charge in [0.1, 0.15) is 6.54 Å². The molecule has 0 bridgehead atoms. The molecule has 0 aromatic rings. The monoisotopic (exact) mass is 268 g/mol. The molecule has 3 amide bonds. The number of likely N-dealkylation sites (N-methyl/N-ethyl adjacent to an activating group) is 1. The van der Waals surface area contributed by atoms with E-state index in [2.05, 4.69) is 5.32 Å². The molecule has 0 spiro atoms. The fourth-order valence-electron chi connectivity index (χ4n) is 2.25. The van der Waals surface area contributed by atoms with Crippen molar-refractivity contribution in [3.05, 3.63) is 0 Å². The van der Waals surface area contributed by atoms with Gasteiger partial charge in [0.15, 0.2) is 0 Å². The average Bonchev–Trinajstić information content (AvgIpc) is 2.69. The molecule has 2 fully saturated rings. The summed E-state index contributed by atoms with van der Waals surface area (Å²) in [5, 5.41) is 3.18. The first-order valence-corrected chi connectivity index (χ1v) is 6.62. The van der Waals surface area contributed by atoms with Crippen molar-refractivity contribution in [2.75, 3.05) is 52.9 Å². The number of piperazine rings is 1. The van der Waals surface area contributed by atoms with Gasteiger partial charge in [-0.25, -0.2) is 0 Å². The highest BCUT2D eigenvalue weighted by atomic mass is 16.2. The summed E-state index contributed by atoms with van der Waals surface area (Å²) in [6.45, 7) is 3.64. The molecule has 0 aromatic heterocycles. The van der Waals surface area contributed by atoms with Crippen molar-refractivity contribution in [3.8, 4) is 0 Å². The van der Waals surface area contributed by atoms with Gasteiger partial charge in [0, 0.05) is 39.8 Å². The van der Waals surface area contributed by atoms with Crippen molar-refractivity contribution < 1.29 is 14.4 Å². The van der Waals surface area contributed by atoms with E-state index < -0.39 is 11.8 Å². The molecule has 106 valence electrons. The minimum atomic E-state index is -0.552. The zero-order valence-electron chi connectivity index (χ0n) is 11.2. The number of nitrogens with one attached hydrogen (secondary N) is 1. The molecule has 2 aliphatic rings. The molecule has 7 heteroatoms. The van der Waals surface area contributed by atoms with E-state index in [0.29, 0.717) is 32.7 Å². The van der Waals surface area contributed by atoms with Crippen molar-refractivity contribution in [3.63, 3.8) is 0 Å². The van der Waals surface area contributed by atoms with Crippen LogP contribution < -0.4 is 5.32 Å². The Labute approximate surface area is 112 Å². The van der Waals surface area contributed by atoms with Crippen molar-refractivity contribution in [2.24, 2.45) is 0 Å². The van der Waals surface area contributed by atoms with E-state index in [1.165, 1.54) is 4.90 Å². The highest BCUT2D eigenvalue weighted by Crippen LogP contribution is 2.05. The summed E-state index contributed by atoms with van der Waals surface area (Å²) < 4.78 is 0. The Kier molecular flexibility index (Phi) is 4.36. The second-order valence-corrected chi connectivity index (χ2v) is 4.94. The highest BCUT2D eigenvalue weighted by molar-refractivity contribution is 6.35. The summed E-state index contributed by atoms with van der Waals surface area (Å²) in [5.74, 6) is -1.16. The van der Waals surface area contributed by atoms with Gasteiger partial charge in [-0.15, -0.1) is 0 Å². The fourth-order valence-corrected chi connectivity index (χ4v) is 2.25. The van der Waals surface area contributed by atoms with Crippen molar-refractivity contribution >= 4 is 17.7 Å². The van der Waals surface area contributed by atoms with Crippen LogP contribution in [-0.4, -0.2) is 85.3 Å². The lowest BCUT2D eigenvalue weighted by atomic mass is 10.3. The summed E-state index contributed by atoms with van der Waals surface area (Å²) in [6, 6.07) is 0. The standard InChI is InChI=1S/C12H20N4O3/c1-14-7-8-16(9-10(14)17)12(19)11(18)15-5-2-3-13-4-6-15/h13H,2-9H2,1H3. The molecule has 2 heterocycles. The molecule has 0 aromatic carbocycles.